The molecule has 2 aromatic carbocycles. The number of halogens is 1. The van der Waals surface area contributed by atoms with Crippen molar-refractivity contribution in [2.45, 2.75) is 4.90 Å². The zero-order valence-electron chi connectivity index (χ0n) is 13.6. The summed E-state index contributed by atoms with van der Waals surface area (Å²) in [5.74, 6) is -0.279. The van der Waals surface area contributed by atoms with Crippen LogP contribution in [0.2, 0.25) is 0 Å². The molecule has 0 spiro atoms. The Balaban J connectivity index is 1.60. The standard InChI is InChI=1S/C19H11FO6S/c20-12-3-6-15(7-4-12)27(22,23)26-14-5-8-16-17(11-14)25-18(19(16)21)10-13-2-1-9-24-13/h1-11H. The van der Waals surface area contributed by atoms with E-state index in [1.807, 2.05) is 0 Å². The molecule has 0 fully saturated rings. The Kier molecular flexibility index (Phi) is 4.04. The maximum Gasteiger partial charge on any atom is 0.339 e. The van der Waals surface area contributed by atoms with E-state index >= 15 is 0 Å². The zero-order chi connectivity index (χ0) is 19.0. The van der Waals surface area contributed by atoms with Gasteiger partial charge in [0.05, 0.1) is 11.8 Å². The fourth-order valence-electron chi connectivity index (χ4n) is 2.50. The average molecular weight is 386 g/mol. The molecule has 1 aliphatic heterocycles. The van der Waals surface area contributed by atoms with E-state index in [4.69, 9.17) is 13.3 Å². The van der Waals surface area contributed by atoms with Crippen molar-refractivity contribution in [3.63, 3.8) is 0 Å². The second kappa shape index (κ2) is 6.40. The fraction of sp³-hybridized carbons (Fsp3) is 0. The Labute approximate surface area is 153 Å². The van der Waals surface area contributed by atoms with Gasteiger partial charge in [-0.3, -0.25) is 4.79 Å². The van der Waals surface area contributed by atoms with E-state index in [1.165, 1.54) is 30.5 Å². The van der Waals surface area contributed by atoms with Gasteiger partial charge in [0.2, 0.25) is 5.78 Å². The number of fused-ring (bicyclic) bond motifs is 1. The lowest BCUT2D eigenvalue weighted by molar-refractivity contribution is 0.101. The lowest BCUT2D eigenvalue weighted by Gasteiger charge is -2.07. The summed E-state index contributed by atoms with van der Waals surface area (Å²) >= 11 is 0. The van der Waals surface area contributed by atoms with Gasteiger partial charge in [-0.15, -0.1) is 0 Å². The van der Waals surface area contributed by atoms with Gasteiger partial charge in [0.15, 0.2) is 5.76 Å². The van der Waals surface area contributed by atoms with Crippen LogP contribution in [-0.2, 0) is 10.1 Å². The van der Waals surface area contributed by atoms with Gasteiger partial charge in [-0.25, -0.2) is 4.39 Å². The Morgan fingerprint density at radius 1 is 1.04 bits per heavy atom. The summed E-state index contributed by atoms with van der Waals surface area (Å²) < 4.78 is 53.2. The first-order valence-electron chi connectivity index (χ1n) is 7.74. The van der Waals surface area contributed by atoms with Crippen LogP contribution < -0.4 is 8.92 Å². The number of ketones is 1. The molecule has 1 aromatic heterocycles. The molecule has 0 saturated carbocycles. The van der Waals surface area contributed by atoms with Crippen molar-refractivity contribution in [2.24, 2.45) is 0 Å². The van der Waals surface area contributed by atoms with E-state index in [0.29, 0.717) is 5.76 Å². The summed E-state index contributed by atoms with van der Waals surface area (Å²) in [6, 6.07) is 11.6. The fourth-order valence-corrected chi connectivity index (χ4v) is 3.42. The van der Waals surface area contributed by atoms with E-state index in [1.54, 1.807) is 12.1 Å². The van der Waals surface area contributed by atoms with Crippen LogP contribution in [0.4, 0.5) is 4.39 Å². The maximum absolute atomic E-state index is 13.0. The van der Waals surface area contributed by atoms with Crippen molar-refractivity contribution >= 4 is 22.0 Å². The summed E-state index contributed by atoms with van der Waals surface area (Å²) in [4.78, 5) is 12.1. The van der Waals surface area contributed by atoms with Gasteiger partial charge in [-0.1, -0.05) is 0 Å². The predicted molar refractivity (Wildman–Crippen MR) is 92.3 cm³/mol. The first kappa shape index (κ1) is 17.0. The molecule has 0 bridgehead atoms. The predicted octanol–water partition coefficient (Wildman–Crippen LogP) is 3.80. The number of hydrogen-bond donors (Lipinski definition) is 0. The number of furan rings is 1. The van der Waals surface area contributed by atoms with Crippen LogP contribution in [0, 0.1) is 5.82 Å². The highest BCUT2D eigenvalue weighted by Gasteiger charge is 2.29. The molecular formula is C19H11FO6S. The van der Waals surface area contributed by atoms with Gasteiger partial charge in [0, 0.05) is 12.1 Å². The van der Waals surface area contributed by atoms with Crippen molar-refractivity contribution in [2.75, 3.05) is 0 Å². The van der Waals surface area contributed by atoms with Crippen LogP contribution >= 0.6 is 0 Å². The Bertz CT molecular complexity index is 1150. The van der Waals surface area contributed by atoms with Crippen LogP contribution in [0.5, 0.6) is 11.5 Å². The van der Waals surface area contributed by atoms with Crippen molar-refractivity contribution in [3.8, 4) is 11.5 Å². The van der Waals surface area contributed by atoms with Gasteiger partial charge in [0.25, 0.3) is 0 Å². The third-order valence-corrected chi connectivity index (χ3v) is 5.03. The maximum atomic E-state index is 13.0. The van der Waals surface area contributed by atoms with Crippen molar-refractivity contribution in [1.29, 1.82) is 0 Å². The van der Waals surface area contributed by atoms with E-state index in [2.05, 4.69) is 0 Å². The highest BCUT2D eigenvalue weighted by molar-refractivity contribution is 7.87. The highest BCUT2D eigenvalue weighted by atomic mass is 32.2. The van der Waals surface area contributed by atoms with Crippen LogP contribution in [0.1, 0.15) is 16.1 Å². The van der Waals surface area contributed by atoms with E-state index in [0.717, 1.165) is 24.3 Å². The molecule has 0 radical (unpaired) electrons. The Morgan fingerprint density at radius 2 is 1.81 bits per heavy atom. The Hall–Kier alpha value is -3.39. The lowest BCUT2D eigenvalue weighted by Crippen LogP contribution is -2.09. The number of allylic oxidation sites excluding steroid dienone is 1. The van der Waals surface area contributed by atoms with Gasteiger partial charge in [-0.05, 0) is 48.5 Å². The van der Waals surface area contributed by atoms with E-state index in [-0.39, 0.29) is 33.5 Å². The van der Waals surface area contributed by atoms with Crippen LogP contribution in [0.15, 0.2) is 75.9 Å². The van der Waals surface area contributed by atoms with Gasteiger partial charge < -0.3 is 13.3 Å². The monoisotopic (exact) mass is 386 g/mol. The number of carbonyl (C=O) groups excluding carboxylic acids is 1. The average Bonchev–Trinajstić information content (AvgIpc) is 3.24. The van der Waals surface area contributed by atoms with Gasteiger partial charge in [0.1, 0.15) is 28.0 Å². The first-order valence-corrected chi connectivity index (χ1v) is 9.15. The smallest absolute Gasteiger partial charge is 0.339 e. The van der Waals surface area contributed by atoms with Gasteiger partial charge in [-0.2, -0.15) is 8.42 Å². The normalized spacial score (nSPS) is 14.9. The largest absolute Gasteiger partial charge is 0.465 e. The molecular weight excluding hydrogens is 375 g/mol. The molecule has 0 atom stereocenters. The summed E-state index contributed by atoms with van der Waals surface area (Å²) in [7, 11) is -4.15. The number of carbonyl (C=O) groups is 1. The van der Waals surface area contributed by atoms with Gasteiger partial charge >= 0.3 is 10.1 Å². The topological polar surface area (TPSA) is 82.8 Å². The first-order chi connectivity index (χ1) is 12.9. The quantitative estimate of drug-likeness (QED) is 0.501. The van der Waals surface area contributed by atoms with Crippen molar-refractivity contribution in [1.82, 2.24) is 0 Å². The number of benzene rings is 2. The molecule has 6 nitrogen and oxygen atoms in total. The second-order valence-electron chi connectivity index (χ2n) is 5.60. The number of Topliss-reactive ketones (excluding diaryl/α,β-unsaturated/α-hetero) is 1. The summed E-state index contributed by atoms with van der Waals surface area (Å²) in [5.41, 5.74) is 0.277. The minimum atomic E-state index is -4.15. The molecule has 1 aliphatic rings. The lowest BCUT2D eigenvalue weighted by atomic mass is 10.1. The summed E-state index contributed by atoms with van der Waals surface area (Å²) in [6.45, 7) is 0. The van der Waals surface area contributed by atoms with E-state index < -0.39 is 15.9 Å². The molecule has 0 unspecified atom stereocenters. The minimum Gasteiger partial charge on any atom is -0.465 e. The van der Waals surface area contributed by atoms with Crippen molar-refractivity contribution < 1.29 is 30.9 Å². The molecule has 136 valence electrons. The Morgan fingerprint density at radius 3 is 2.52 bits per heavy atom. The SMILES string of the molecule is O=C1C(=Cc2ccco2)Oc2cc(OS(=O)(=O)c3ccc(F)cc3)ccc21. The van der Waals surface area contributed by atoms with Crippen molar-refractivity contribution in [3.05, 3.63) is 83.8 Å². The number of rotatable bonds is 4. The molecule has 0 aliphatic carbocycles. The summed E-state index contributed by atoms with van der Waals surface area (Å²) in [6.07, 6.45) is 2.91. The van der Waals surface area contributed by atoms with Crippen LogP contribution in [0.25, 0.3) is 6.08 Å². The molecule has 0 saturated heterocycles. The van der Waals surface area contributed by atoms with E-state index in [9.17, 15) is 17.6 Å². The second-order valence-corrected chi connectivity index (χ2v) is 7.15. The summed E-state index contributed by atoms with van der Waals surface area (Å²) in [5, 5.41) is 0. The molecule has 27 heavy (non-hydrogen) atoms. The van der Waals surface area contributed by atoms with Crippen LogP contribution in [-0.4, -0.2) is 14.2 Å². The number of hydrogen-bond acceptors (Lipinski definition) is 6. The molecule has 3 aromatic rings. The molecule has 8 heteroatoms. The third kappa shape index (κ3) is 3.34. The number of ether oxygens (including phenoxy) is 1. The highest BCUT2D eigenvalue weighted by Crippen LogP contribution is 2.35. The minimum absolute atomic E-state index is 0.0369. The molecule has 2 heterocycles. The molecule has 0 N–H and O–H groups in total. The molecule has 4 rings (SSSR count). The molecule has 0 amide bonds. The van der Waals surface area contributed by atoms with Crippen LogP contribution in [0.3, 0.4) is 0 Å². The third-order valence-electron chi connectivity index (χ3n) is 3.77. The zero-order valence-corrected chi connectivity index (χ0v) is 14.4.